The van der Waals surface area contributed by atoms with Crippen LogP contribution in [0.2, 0.25) is 0 Å². The molecule has 1 saturated heterocycles. The molecule has 3 N–H and O–H groups in total. The Bertz CT molecular complexity index is 472. The van der Waals surface area contributed by atoms with Gasteiger partial charge in [0.15, 0.2) is 0 Å². The standard InChI is InChI=1S/C14H29N3O3S/c1-6-21(19,20)16-11-7-9-17(10-8-11)12(18)13(2,3)14(4,5)15/h11,16H,6-10,15H2,1-5H3. The first kappa shape index (κ1) is 18.4. The van der Waals surface area contributed by atoms with Crippen LogP contribution in [0.15, 0.2) is 0 Å². The van der Waals surface area contributed by atoms with Gasteiger partial charge in [-0.2, -0.15) is 0 Å². The molecule has 1 rings (SSSR count). The number of nitrogens with two attached hydrogens (primary N) is 1. The number of hydrogen-bond acceptors (Lipinski definition) is 4. The van der Waals surface area contributed by atoms with E-state index in [0.29, 0.717) is 25.9 Å². The Labute approximate surface area is 128 Å². The van der Waals surface area contributed by atoms with Crippen LogP contribution in [0, 0.1) is 5.41 Å². The number of carbonyl (C=O) groups excluding carboxylic acids is 1. The lowest BCUT2D eigenvalue weighted by Gasteiger charge is -2.42. The molecule has 0 unspecified atom stereocenters. The van der Waals surface area contributed by atoms with E-state index in [1.165, 1.54) is 0 Å². The summed E-state index contributed by atoms with van der Waals surface area (Å²) in [4.78, 5) is 14.4. The number of nitrogens with one attached hydrogen (secondary N) is 1. The number of nitrogens with zero attached hydrogens (tertiary/aromatic N) is 1. The van der Waals surface area contributed by atoms with Crippen LogP contribution in [-0.2, 0) is 14.8 Å². The molecule has 21 heavy (non-hydrogen) atoms. The maximum Gasteiger partial charge on any atom is 0.230 e. The summed E-state index contributed by atoms with van der Waals surface area (Å²) in [5.74, 6) is 0.118. The summed E-state index contributed by atoms with van der Waals surface area (Å²) < 4.78 is 25.8. The van der Waals surface area contributed by atoms with Gasteiger partial charge in [-0.25, -0.2) is 13.1 Å². The average Bonchev–Trinajstić information content (AvgIpc) is 2.37. The predicted molar refractivity (Wildman–Crippen MR) is 84.2 cm³/mol. The molecule has 124 valence electrons. The second-order valence-electron chi connectivity index (χ2n) is 6.93. The minimum atomic E-state index is -3.18. The Morgan fingerprint density at radius 1 is 1.24 bits per heavy atom. The van der Waals surface area contributed by atoms with Gasteiger partial charge in [0.05, 0.1) is 11.2 Å². The van der Waals surface area contributed by atoms with E-state index in [1.54, 1.807) is 11.8 Å². The van der Waals surface area contributed by atoms with E-state index in [0.717, 1.165) is 0 Å². The van der Waals surface area contributed by atoms with Crippen molar-refractivity contribution in [3.8, 4) is 0 Å². The Balaban J connectivity index is 2.63. The molecule has 0 saturated carbocycles. The van der Waals surface area contributed by atoms with E-state index in [1.807, 2.05) is 27.7 Å². The van der Waals surface area contributed by atoms with Gasteiger partial charge in [0.2, 0.25) is 15.9 Å². The molecule has 0 radical (unpaired) electrons. The lowest BCUT2D eigenvalue weighted by Crippen LogP contribution is -2.58. The Morgan fingerprint density at radius 3 is 2.10 bits per heavy atom. The molecule has 1 aliphatic heterocycles. The quantitative estimate of drug-likeness (QED) is 0.779. The van der Waals surface area contributed by atoms with Gasteiger partial charge in [-0.1, -0.05) is 0 Å². The van der Waals surface area contributed by atoms with Crippen LogP contribution < -0.4 is 10.5 Å². The smallest absolute Gasteiger partial charge is 0.230 e. The molecule has 0 aromatic heterocycles. The second kappa shape index (κ2) is 6.22. The Morgan fingerprint density at radius 2 is 1.71 bits per heavy atom. The summed E-state index contributed by atoms with van der Waals surface area (Å²) in [6.07, 6.45) is 1.29. The first-order chi connectivity index (χ1) is 9.40. The van der Waals surface area contributed by atoms with Crippen molar-refractivity contribution in [2.75, 3.05) is 18.8 Å². The fourth-order valence-corrected chi connectivity index (χ4v) is 3.12. The van der Waals surface area contributed by atoms with E-state index >= 15 is 0 Å². The number of sulfonamides is 1. The number of likely N-dealkylation sites (tertiary alicyclic amines) is 1. The van der Waals surface area contributed by atoms with Crippen molar-refractivity contribution in [1.82, 2.24) is 9.62 Å². The Kier molecular flexibility index (Phi) is 5.45. The highest BCUT2D eigenvalue weighted by Crippen LogP contribution is 2.31. The third-order valence-electron chi connectivity index (χ3n) is 4.65. The van der Waals surface area contributed by atoms with E-state index < -0.39 is 21.0 Å². The van der Waals surface area contributed by atoms with Crippen molar-refractivity contribution in [2.45, 2.75) is 59.0 Å². The molecule has 0 spiro atoms. The highest BCUT2D eigenvalue weighted by molar-refractivity contribution is 7.89. The molecular formula is C14H29N3O3S. The molecule has 1 fully saturated rings. The van der Waals surface area contributed by atoms with Gasteiger partial charge in [-0.05, 0) is 47.5 Å². The van der Waals surface area contributed by atoms with Crippen molar-refractivity contribution in [1.29, 1.82) is 0 Å². The molecule has 0 aliphatic carbocycles. The third-order valence-corrected chi connectivity index (χ3v) is 6.11. The normalized spacial score (nSPS) is 18.9. The van der Waals surface area contributed by atoms with Crippen molar-refractivity contribution in [3.05, 3.63) is 0 Å². The molecule has 0 bridgehead atoms. The highest BCUT2D eigenvalue weighted by atomic mass is 32.2. The highest BCUT2D eigenvalue weighted by Gasteiger charge is 2.43. The molecule has 6 nitrogen and oxygen atoms in total. The molecule has 0 atom stereocenters. The molecular weight excluding hydrogens is 290 g/mol. The largest absolute Gasteiger partial charge is 0.342 e. The minimum Gasteiger partial charge on any atom is -0.342 e. The molecule has 1 amide bonds. The van der Waals surface area contributed by atoms with Gasteiger partial charge >= 0.3 is 0 Å². The SMILES string of the molecule is CCS(=O)(=O)NC1CCN(C(=O)C(C)(C)C(C)(C)N)CC1. The molecule has 1 aliphatic rings. The van der Waals surface area contributed by atoms with Crippen molar-refractivity contribution in [3.63, 3.8) is 0 Å². The van der Waals surface area contributed by atoms with Crippen molar-refractivity contribution < 1.29 is 13.2 Å². The summed E-state index contributed by atoms with van der Waals surface area (Å²) >= 11 is 0. The third kappa shape index (κ3) is 4.40. The van der Waals surface area contributed by atoms with Gasteiger partial charge in [-0.15, -0.1) is 0 Å². The summed E-state index contributed by atoms with van der Waals surface area (Å²) in [6, 6.07) is -0.0759. The molecule has 1 heterocycles. The van der Waals surface area contributed by atoms with E-state index in [-0.39, 0.29) is 17.7 Å². The fourth-order valence-electron chi connectivity index (χ4n) is 2.21. The van der Waals surface area contributed by atoms with Crippen LogP contribution in [0.4, 0.5) is 0 Å². The number of piperidine rings is 1. The van der Waals surface area contributed by atoms with Crippen LogP contribution in [0.5, 0.6) is 0 Å². The molecule has 0 aromatic carbocycles. The first-order valence-electron chi connectivity index (χ1n) is 7.49. The first-order valence-corrected chi connectivity index (χ1v) is 9.14. The van der Waals surface area contributed by atoms with Crippen molar-refractivity contribution in [2.24, 2.45) is 11.1 Å². The van der Waals surface area contributed by atoms with Crippen LogP contribution in [0.3, 0.4) is 0 Å². The average molecular weight is 319 g/mol. The van der Waals surface area contributed by atoms with Crippen molar-refractivity contribution >= 4 is 15.9 Å². The zero-order valence-corrected chi connectivity index (χ0v) is 14.6. The van der Waals surface area contributed by atoms with Gasteiger partial charge in [0, 0.05) is 24.7 Å². The number of carbonyl (C=O) groups is 1. The monoisotopic (exact) mass is 319 g/mol. The van der Waals surface area contributed by atoms with Gasteiger partial charge in [0.1, 0.15) is 0 Å². The number of hydrogen-bond donors (Lipinski definition) is 2. The van der Waals surface area contributed by atoms with Crippen LogP contribution in [-0.4, -0.2) is 49.6 Å². The Hall–Kier alpha value is -0.660. The van der Waals surface area contributed by atoms with Gasteiger partial charge in [-0.3, -0.25) is 4.79 Å². The summed E-state index contributed by atoms with van der Waals surface area (Å²) in [7, 11) is -3.18. The van der Waals surface area contributed by atoms with Crippen LogP contribution in [0.25, 0.3) is 0 Å². The predicted octanol–water partition coefficient (Wildman–Crippen LogP) is 0.680. The number of amides is 1. The summed E-state index contributed by atoms with van der Waals surface area (Å²) in [5, 5.41) is 0. The number of rotatable bonds is 5. The zero-order valence-electron chi connectivity index (χ0n) is 13.8. The topological polar surface area (TPSA) is 92.5 Å². The van der Waals surface area contributed by atoms with E-state index in [4.69, 9.17) is 5.73 Å². The van der Waals surface area contributed by atoms with Crippen LogP contribution in [0.1, 0.15) is 47.5 Å². The van der Waals surface area contributed by atoms with Gasteiger partial charge in [0.25, 0.3) is 0 Å². The minimum absolute atomic E-state index is 0.0341. The van der Waals surface area contributed by atoms with Gasteiger partial charge < -0.3 is 10.6 Å². The molecule has 0 aromatic rings. The fraction of sp³-hybridized carbons (Fsp3) is 0.929. The summed E-state index contributed by atoms with van der Waals surface area (Å²) in [6.45, 7) is 10.2. The maximum atomic E-state index is 12.6. The second-order valence-corrected chi connectivity index (χ2v) is 8.98. The maximum absolute atomic E-state index is 12.6. The lowest BCUT2D eigenvalue weighted by molar-refractivity contribution is -0.144. The summed E-state index contributed by atoms with van der Waals surface area (Å²) in [5.41, 5.74) is 4.85. The zero-order chi connectivity index (χ0) is 16.5. The van der Waals surface area contributed by atoms with E-state index in [2.05, 4.69) is 4.72 Å². The van der Waals surface area contributed by atoms with Crippen LogP contribution >= 0.6 is 0 Å². The van der Waals surface area contributed by atoms with E-state index in [9.17, 15) is 13.2 Å². The lowest BCUT2D eigenvalue weighted by atomic mass is 9.74. The molecule has 7 heteroatoms.